The van der Waals surface area contributed by atoms with E-state index < -0.39 is 0 Å². The van der Waals surface area contributed by atoms with Crippen LogP contribution in [0.1, 0.15) is 28.8 Å². The van der Waals surface area contributed by atoms with Crippen molar-refractivity contribution in [3.8, 4) is 0 Å². The summed E-state index contributed by atoms with van der Waals surface area (Å²) in [6, 6.07) is 5.73. The molecule has 1 aliphatic rings. The van der Waals surface area contributed by atoms with Crippen molar-refractivity contribution < 1.29 is 4.79 Å². The van der Waals surface area contributed by atoms with Gasteiger partial charge < -0.3 is 10.6 Å². The Morgan fingerprint density at radius 3 is 2.89 bits per heavy atom. The Labute approximate surface area is 127 Å². The maximum Gasteiger partial charge on any atom is 0.254 e. The first-order valence-corrected chi connectivity index (χ1v) is 7.54. The molecule has 1 aliphatic heterocycles. The van der Waals surface area contributed by atoms with Gasteiger partial charge in [0.2, 0.25) is 0 Å². The molecule has 2 N–H and O–H groups in total. The predicted octanol–water partition coefficient (Wildman–Crippen LogP) is 2.90. The monoisotopic (exact) mass is 340 g/mol. The number of rotatable bonds is 2. The molecular formula is C14H17BrN2OS. The lowest BCUT2D eigenvalue weighted by atomic mass is 9.97. The molecule has 0 saturated carbocycles. The van der Waals surface area contributed by atoms with Crippen molar-refractivity contribution in [3.63, 3.8) is 0 Å². The average molecular weight is 341 g/mol. The van der Waals surface area contributed by atoms with Crippen LogP contribution in [0.3, 0.4) is 0 Å². The van der Waals surface area contributed by atoms with Crippen LogP contribution in [-0.2, 0) is 0 Å². The van der Waals surface area contributed by atoms with E-state index in [1.807, 2.05) is 30.0 Å². The van der Waals surface area contributed by atoms with Gasteiger partial charge in [-0.05, 0) is 43.5 Å². The Kier molecular flexibility index (Phi) is 4.58. The second-order valence-corrected chi connectivity index (χ2v) is 6.34. The standard InChI is InChI=1S/C14H17BrN2OS/c1-9-7-11(15)4-5-12(9)14(18)17-6-2-3-10(8-17)13(16)19/h4-5,7,10H,2-3,6,8H2,1H3,(H2,16,19). The molecule has 1 aromatic rings. The van der Waals surface area contributed by atoms with Gasteiger partial charge in [-0.2, -0.15) is 0 Å². The number of hydrogen-bond donors (Lipinski definition) is 1. The maximum atomic E-state index is 12.5. The summed E-state index contributed by atoms with van der Waals surface area (Å²) in [6.45, 7) is 3.38. The van der Waals surface area contributed by atoms with Crippen molar-refractivity contribution in [2.75, 3.05) is 13.1 Å². The number of carbonyl (C=O) groups is 1. The summed E-state index contributed by atoms with van der Waals surface area (Å²) in [7, 11) is 0. The molecule has 2 rings (SSSR count). The SMILES string of the molecule is Cc1cc(Br)ccc1C(=O)N1CCCC(C(N)=S)C1. The van der Waals surface area contributed by atoms with Gasteiger partial charge in [-0.15, -0.1) is 0 Å². The van der Waals surface area contributed by atoms with Crippen LogP contribution in [0.25, 0.3) is 0 Å². The first-order chi connectivity index (χ1) is 8.99. The molecule has 1 heterocycles. The summed E-state index contributed by atoms with van der Waals surface area (Å²) in [6.07, 6.45) is 1.95. The quantitative estimate of drug-likeness (QED) is 0.842. The van der Waals surface area contributed by atoms with Gasteiger partial charge in [-0.25, -0.2) is 0 Å². The molecule has 0 radical (unpaired) electrons. The Morgan fingerprint density at radius 1 is 1.53 bits per heavy atom. The van der Waals surface area contributed by atoms with Crippen LogP contribution in [0.4, 0.5) is 0 Å². The van der Waals surface area contributed by atoms with Crippen LogP contribution < -0.4 is 5.73 Å². The molecule has 19 heavy (non-hydrogen) atoms. The van der Waals surface area contributed by atoms with E-state index >= 15 is 0 Å². The number of nitrogens with two attached hydrogens (primary N) is 1. The molecule has 1 saturated heterocycles. The van der Waals surface area contributed by atoms with E-state index in [-0.39, 0.29) is 11.8 Å². The summed E-state index contributed by atoms with van der Waals surface area (Å²) in [5, 5.41) is 0. The molecule has 1 atom stereocenters. The van der Waals surface area contributed by atoms with Gasteiger partial charge in [0.25, 0.3) is 5.91 Å². The molecule has 1 aromatic carbocycles. The molecule has 5 heteroatoms. The highest BCUT2D eigenvalue weighted by atomic mass is 79.9. The Morgan fingerprint density at radius 2 is 2.26 bits per heavy atom. The third kappa shape index (κ3) is 3.34. The average Bonchev–Trinajstić information content (AvgIpc) is 2.38. The topological polar surface area (TPSA) is 46.3 Å². The van der Waals surface area contributed by atoms with E-state index in [0.717, 1.165) is 35.0 Å². The highest BCUT2D eigenvalue weighted by molar-refractivity contribution is 9.10. The molecule has 0 aromatic heterocycles. The van der Waals surface area contributed by atoms with Gasteiger partial charge in [0.15, 0.2) is 0 Å². The molecular weight excluding hydrogens is 324 g/mol. The third-order valence-electron chi connectivity index (χ3n) is 3.53. The minimum atomic E-state index is 0.0750. The number of piperidine rings is 1. The van der Waals surface area contributed by atoms with Crippen LogP contribution in [0.15, 0.2) is 22.7 Å². The van der Waals surface area contributed by atoms with E-state index in [1.54, 1.807) is 0 Å². The fourth-order valence-corrected chi connectivity index (χ4v) is 3.10. The Bertz CT molecular complexity index is 518. The van der Waals surface area contributed by atoms with Gasteiger partial charge in [0, 0.05) is 29.0 Å². The molecule has 1 amide bonds. The normalized spacial score (nSPS) is 19.3. The zero-order chi connectivity index (χ0) is 14.0. The van der Waals surface area contributed by atoms with E-state index in [1.165, 1.54) is 0 Å². The van der Waals surface area contributed by atoms with Crippen molar-refractivity contribution in [3.05, 3.63) is 33.8 Å². The number of likely N-dealkylation sites (tertiary alicyclic amines) is 1. The van der Waals surface area contributed by atoms with E-state index in [4.69, 9.17) is 18.0 Å². The molecule has 1 fully saturated rings. The largest absolute Gasteiger partial charge is 0.393 e. The first-order valence-electron chi connectivity index (χ1n) is 6.34. The third-order valence-corrected chi connectivity index (χ3v) is 4.36. The van der Waals surface area contributed by atoms with Crippen molar-refractivity contribution in [2.45, 2.75) is 19.8 Å². The molecule has 0 spiro atoms. The van der Waals surface area contributed by atoms with Crippen LogP contribution in [0, 0.1) is 12.8 Å². The number of thiocarbonyl (C=S) groups is 1. The lowest BCUT2D eigenvalue weighted by Crippen LogP contribution is -2.43. The minimum absolute atomic E-state index is 0.0750. The summed E-state index contributed by atoms with van der Waals surface area (Å²) < 4.78 is 0.987. The molecule has 0 bridgehead atoms. The van der Waals surface area contributed by atoms with E-state index in [0.29, 0.717) is 11.5 Å². The summed E-state index contributed by atoms with van der Waals surface area (Å²) in [5.41, 5.74) is 7.44. The number of carbonyl (C=O) groups excluding carboxylic acids is 1. The molecule has 3 nitrogen and oxygen atoms in total. The van der Waals surface area contributed by atoms with E-state index in [2.05, 4.69) is 15.9 Å². The number of halogens is 1. The maximum absolute atomic E-state index is 12.5. The second kappa shape index (κ2) is 6.01. The number of benzene rings is 1. The van der Waals surface area contributed by atoms with Gasteiger partial charge in [-0.1, -0.05) is 28.1 Å². The fraction of sp³-hybridized carbons (Fsp3) is 0.429. The highest BCUT2D eigenvalue weighted by Gasteiger charge is 2.26. The predicted molar refractivity (Wildman–Crippen MR) is 84.3 cm³/mol. The van der Waals surface area contributed by atoms with Gasteiger partial charge in [0.05, 0.1) is 4.99 Å². The zero-order valence-electron chi connectivity index (χ0n) is 10.9. The second-order valence-electron chi connectivity index (χ2n) is 4.95. The summed E-state index contributed by atoms with van der Waals surface area (Å²) in [5.74, 6) is 0.231. The van der Waals surface area contributed by atoms with Crippen molar-refractivity contribution in [1.29, 1.82) is 0 Å². The lowest BCUT2D eigenvalue weighted by Gasteiger charge is -2.32. The van der Waals surface area contributed by atoms with Crippen LogP contribution in [-0.4, -0.2) is 28.9 Å². The van der Waals surface area contributed by atoms with Gasteiger partial charge in [-0.3, -0.25) is 4.79 Å². The molecule has 1 unspecified atom stereocenters. The lowest BCUT2D eigenvalue weighted by molar-refractivity contribution is 0.0703. The van der Waals surface area contributed by atoms with Crippen LogP contribution in [0.2, 0.25) is 0 Å². The summed E-state index contributed by atoms with van der Waals surface area (Å²) in [4.78, 5) is 14.9. The Hall–Kier alpha value is -0.940. The highest BCUT2D eigenvalue weighted by Crippen LogP contribution is 2.22. The molecule has 0 aliphatic carbocycles. The summed E-state index contributed by atoms with van der Waals surface area (Å²) >= 11 is 8.46. The fourth-order valence-electron chi connectivity index (χ4n) is 2.43. The number of amides is 1. The van der Waals surface area contributed by atoms with Crippen molar-refractivity contribution in [1.82, 2.24) is 4.90 Å². The van der Waals surface area contributed by atoms with Gasteiger partial charge in [0.1, 0.15) is 0 Å². The smallest absolute Gasteiger partial charge is 0.254 e. The van der Waals surface area contributed by atoms with E-state index in [9.17, 15) is 4.79 Å². The number of hydrogen-bond acceptors (Lipinski definition) is 2. The zero-order valence-corrected chi connectivity index (χ0v) is 13.3. The van der Waals surface area contributed by atoms with Crippen molar-refractivity contribution >= 4 is 39.0 Å². The number of nitrogens with zero attached hydrogens (tertiary/aromatic N) is 1. The first kappa shape index (κ1) is 14.5. The van der Waals surface area contributed by atoms with Gasteiger partial charge >= 0.3 is 0 Å². The number of aryl methyl sites for hydroxylation is 1. The van der Waals surface area contributed by atoms with Crippen LogP contribution >= 0.6 is 28.1 Å². The van der Waals surface area contributed by atoms with Crippen LogP contribution in [0.5, 0.6) is 0 Å². The minimum Gasteiger partial charge on any atom is -0.393 e. The molecule has 102 valence electrons. The Balaban J connectivity index is 2.17. The van der Waals surface area contributed by atoms with Crippen molar-refractivity contribution in [2.24, 2.45) is 11.7 Å².